The summed E-state index contributed by atoms with van der Waals surface area (Å²) < 4.78 is 5.41. The molecule has 4 amide bonds. The number of nitrogens with one attached hydrogen (secondary N) is 3. The number of alkyl carbamates (subject to hydrolysis) is 1. The molecule has 0 radical (unpaired) electrons. The molecule has 232 valence electrons. The van der Waals surface area contributed by atoms with Crippen LogP contribution in [0.15, 0.2) is 30.3 Å². The first-order valence-corrected chi connectivity index (χ1v) is 14.8. The summed E-state index contributed by atoms with van der Waals surface area (Å²) in [4.78, 5) is 68.0. The van der Waals surface area contributed by atoms with Crippen molar-refractivity contribution in [3.05, 3.63) is 35.9 Å². The zero-order chi connectivity index (χ0) is 31.6. The Balaban J connectivity index is 1.78. The van der Waals surface area contributed by atoms with E-state index in [4.69, 9.17) is 4.74 Å². The molecule has 1 saturated heterocycles. The average molecular weight is 585 g/mol. The van der Waals surface area contributed by atoms with Gasteiger partial charge in [0, 0.05) is 13.1 Å². The first kappa shape index (κ1) is 33.1. The monoisotopic (exact) mass is 584 g/mol. The summed E-state index contributed by atoms with van der Waals surface area (Å²) in [5, 5.41) is 8.19. The molecular weight excluding hydrogens is 536 g/mol. The lowest BCUT2D eigenvalue weighted by Crippen LogP contribution is -2.60. The highest BCUT2D eigenvalue weighted by molar-refractivity contribution is 6.38. The highest BCUT2D eigenvalue weighted by Crippen LogP contribution is 2.65. The Hall–Kier alpha value is -3.43. The van der Waals surface area contributed by atoms with E-state index in [1.54, 1.807) is 20.8 Å². The van der Waals surface area contributed by atoms with Gasteiger partial charge in [0.15, 0.2) is 0 Å². The van der Waals surface area contributed by atoms with E-state index in [0.717, 1.165) is 5.56 Å². The van der Waals surface area contributed by atoms with Gasteiger partial charge >= 0.3 is 6.09 Å². The minimum Gasteiger partial charge on any atom is -0.444 e. The third kappa shape index (κ3) is 7.69. The minimum atomic E-state index is -1.02. The molecule has 5 unspecified atom stereocenters. The SMILES string of the molecule is CCCC(NC(=O)C1C2C(CN1C(=O)C(NC(=O)OC(C)(C)C)C(C)(C)C)C2(C)C)C(=O)C(=O)NCc1ccccc1. The molecule has 3 rings (SSSR count). The highest BCUT2D eigenvalue weighted by Gasteiger charge is 2.70. The number of amides is 4. The van der Waals surface area contributed by atoms with Crippen LogP contribution in [0.1, 0.15) is 80.7 Å². The third-order valence-corrected chi connectivity index (χ3v) is 8.26. The summed E-state index contributed by atoms with van der Waals surface area (Å²) >= 11 is 0. The van der Waals surface area contributed by atoms with Gasteiger partial charge in [-0.15, -0.1) is 0 Å². The molecule has 1 aromatic carbocycles. The molecule has 1 aliphatic carbocycles. The number of carbonyl (C=O) groups excluding carboxylic acids is 5. The van der Waals surface area contributed by atoms with Crippen LogP contribution in [0.25, 0.3) is 0 Å². The molecule has 3 N–H and O–H groups in total. The number of hydrogen-bond acceptors (Lipinski definition) is 6. The van der Waals surface area contributed by atoms with Crippen LogP contribution in [0.5, 0.6) is 0 Å². The number of nitrogens with zero attached hydrogens (tertiary/aromatic N) is 1. The minimum absolute atomic E-state index is 0.104. The van der Waals surface area contributed by atoms with Crippen molar-refractivity contribution in [2.24, 2.45) is 22.7 Å². The normalized spacial score (nSPS) is 22.3. The zero-order valence-corrected chi connectivity index (χ0v) is 26.5. The second-order valence-electron chi connectivity index (χ2n) is 14.2. The second-order valence-corrected chi connectivity index (χ2v) is 14.2. The van der Waals surface area contributed by atoms with E-state index in [2.05, 4.69) is 29.8 Å². The lowest BCUT2D eigenvalue weighted by molar-refractivity contribution is -0.145. The predicted octanol–water partition coefficient (Wildman–Crippen LogP) is 3.58. The van der Waals surface area contributed by atoms with Crippen molar-refractivity contribution < 1.29 is 28.7 Å². The van der Waals surface area contributed by atoms with Gasteiger partial charge in [-0.2, -0.15) is 0 Å². The van der Waals surface area contributed by atoms with Gasteiger partial charge in [-0.1, -0.05) is 78.3 Å². The van der Waals surface area contributed by atoms with Crippen LogP contribution < -0.4 is 16.0 Å². The van der Waals surface area contributed by atoms with Gasteiger partial charge in [0.1, 0.15) is 17.7 Å². The Bertz CT molecular complexity index is 1180. The lowest BCUT2D eigenvalue weighted by Gasteiger charge is -2.38. The molecule has 2 fully saturated rings. The summed E-state index contributed by atoms with van der Waals surface area (Å²) in [6.45, 7) is 17.3. The van der Waals surface area contributed by atoms with Crippen molar-refractivity contribution in [1.29, 1.82) is 0 Å². The Labute approximate surface area is 249 Å². The number of carbonyl (C=O) groups is 5. The Kier molecular flexibility index (Phi) is 9.79. The molecule has 2 aliphatic rings. The molecule has 0 spiro atoms. The quantitative estimate of drug-likeness (QED) is 0.360. The number of fused-ring (bicyclic) bond motifs is 1. The smallest absolute Gasteiger partial charge is 0.408 e. The van der Waals surface area contributed by atoms with E-state index in [9.17, 15) is 24.0 Å². The summed E-state index contributed by atoms with van der Waals surface area (Å²) in [5.41, 5.74) is -0.725. The first-order valence-electron chi connectivity index (χ1n) is 14.8. The van der Waals surface area contributed by atoms with E-state index in [1.165, 1.54) is 4.90 Å². The number of hydrogen-bond donors (Lipinski definition) is 3. The van der Waals surface area contributed by atoms with E-state index in [1.807, 2.05) is 58.0 Å². The van der Waals surface area contributed by atoms with Gasteiger partial charge in [-0.3, -0.25) is 19.2 Å². The molecule has 1 aliphatic heterocycles. The first-order chi connectivity index (χ1) is 19.4. The number of rotatable bonds is 10. The van der Waals surface area contributed by atoms with Crippen LogP contribution in [0.3, 0.4) is 0 Å². The zero-order valence-electron chi connectivity index (χ0n) is 26.5. The van der Waals surface area contributed by atoms with Gasteiger partial charge in [-0.25, -0.2) is 4.79 Å². The maximum Gasteiger partial charge on any atom is 0.408 e. The van der Waals surface area contributed by atoms with Gasteiger partial charge in [0.25, 0.3) is 5.91 Å². The maximum atomic E-state index is 14.0. The average Bonchev–Trinajstić information content (AvgIpc) is 3.21. The lowest BCUT2D eigenvalue weighted by atomic mass is 9.85. The Morgan fingerprint density at radius 1 is 1.00 bits per heavy atom. The fourth-order valence-electron chi connectivity index (χ4n) is 5.89. The molecular formula is C32H48N4O6. The van der Waals surface area contributed by atoms with Crippen LogP contribution in [0, 0.1) is 22.7 Å². The molecule has 0 bridgehead atoms. The van der Waals surface area contributed by atoms with Crippen molar-refractivity contribution in [2.75, 3.05) is 6.54 Å². The molecule has 42 heavy (non-hydrogen) atoms. The van der Waals surface area contributed by atoms with Crippen molar-refractivity contribution in [2.45, 2.75) is 105 Å². The molecule has 5 atom stereocenters. The molecule has 1 saturated carbocycles. The topological polar surface area (TPSA) is 134 Å². The standard InChI is InChI=1S/C32H48N4O6/c1-10-14-21(24(37)27(39)33-17-19-15-12-11-13-16-19)34-26(38)23-22-20(32(22,8)9)18-36(23)28(40)25(30(2,3)4)35-29(41)42-31(5,6)7/h11-13,15-16,20-23,25H,10,14,17-18H2,1-9H3,(H,33,39)(H,34,38)(H,35,41). The number of likely N-dealkylation sites (tertiary alicyclic amines) is 1. The Morgan fingerprint density at radius 3 is 2.17 bits per heavy atom. The number of ether oxygens (including phenoxy) is 1. The van der Waals surface area contributed by atoms with Crippen LogP contribution in [-0.4, -0.2) is 64.8 Å². The van der Waals surface area contributed by atoms with Gasteiger partial charge in [0.05, 0.1) is 6.04 Å². The van der Waals surface area contributed by atoms with Crippen molar-refractivity contribution in [3.8, 4) is 0 Å². The summed E-state index contributed by atoms with van der Waals surface area (Å²) in [6.07, 6.45) is 0.141. The summed E-state index contributed by atoms with van der Waals surface area (Å²) in [7, 11) is 0. The van der Waals surface area contributed by atoms with Gasteiger partial charge in [0.2, 0.25) is 17.6 Å². The number of piperidine rings is 1. The number of ketones is 1. The largest absolute Gasteiger partial charge is 0.444 e. The predicted molar refractivity (Wildman–Crippen MR) is 159 cm³/mol. The van der Waals surface area contributed by atoms with E-state index < -0.39 is 52.8 Å². The van der Waals surface area contributed by atoms with E-state index in [-0.39, 0.29) is 36.1 Å². The molecule has 10 nitrogen and oxygen atoms in total. The summed E-state index contributed by atoms with van der Waals surface area (Å²) in [5.74, 6) is -2.33. The highest BCUT2D eigenvalue weighted by atomic mass is 16.6. The van der Waals surface area contributed by atoms with Crippen molar-refractivity contribution in [3.63, 3.8) is 0 Å². The Morgan fingerprint density at radius 2 is 1.62 bits per heavy atom. The van der Waals surface area contributed by atoms with E-state index >= 15 is 0 Å². The van der Waals surface area contributed by atoms with Crippen LogP contribution >= 0.6 is 0 Å². The molecule has 10 heteroatoms. The van der Waals surface area contributed by atoms with Crippen molar-refractivity contribution >= 4 is 29.6 Å². The van der Waals surface area contributed by atoms with Crippen LogP contribution in [0.4, 0.5) is 4.79 Å². The fraction of sp³-hybridized carbons (Fsp3) is 0.656. The van der Waals surface area contributed by atoms with E-state index in [0.29, 0.717) is 13.0 Å². The van der Waals surface area contributed by atoms with Gasteiger partial charge < -0.3 is 25.6 Å². The summed E-state index contributed by atoms with van der Waals surface area (Å²) in [6, 6.07) is 6.45. The second kappa shape index (κ2) is 12.4. The number of Topliss-reactive ketones (excluding diaryl/α,β-unsaturated/α-hetero) is 1. The number of benzene rings is 1. The van der Waals surface area contributed by atoms with Crippen LogP contribution in [0.2, 0.25) is 0 Å². The maximum absolute atomic E-state index is 14.0. The molecule has 1 heterocycles. The fourth-order valence-corrected chi connectivity index (χ4v) is 5.89. The van der Waals surface area contributed by atoms with Crippen LogP contribution in [-0.2, 0) is 30.5 Å². The molecule has 0 aromatic heterocycles. The van der Waals surface area contributed by atoms with Crippen molar-refractivity contribution in [1.82, 2.24) is 20.9 Å². The third-order valence-electron chi connectivity index (χ3n) is 8.26. The molecule has 1 aromatic rings. The van der Waals surface area contributed by atoms with Gasteiger partial charge in [-0.05, 0) is 55.4 Å².